The van der Waals surface area contributed by atoms with Crippen LogP contribution in [0.5, 0.6) is 0 Å². The van der Waals surface area contributed by atoms with E-state index in [4.69, 9.17) is 0 Å². The van der Waals surface area contributed by atoms with Crippen LogP contribution in [0.2, 0.25) is 0 Å². The van der Waals surface area contributed by atoms with Crippen LogP contribution in [-0.4, -0.2) is 0 Å². The van der Waals surface area contributed by atoms with Crippen LogP contribution in [0.3, 0.4) is 0 Å². The van der Waals surface area contributed by atoms with Gasteiger partial charge in [0.2, 0.25) is 0 Å². The SMILES string of the molecule is CC(C)(C)C1(C(C)(C)C)CCC2CC=CC21. The molecule has 0 heterocycles. The van der Waals surface area contributed by atoms with Crippen LogP contribution in [0.25, 0.3) is 0 Å². The van der Waals surface area contributed by atoms with Gasteiger partial charge < -0.3 is 0 Å². The summed E-state index contributed by atoms with van der Waals surface area (Å²) < 4.78 is 0. The van der Waals surface area contributed by atoms with Crippen LogP contribution >= 0.6 is 0 Å². The van der Waals surface area contributed by atoms with Crippen molar-refractivity contribution in [2.45, 2.75) is 60.8 Å². The highest BCUT2D eigenvalue weighted by molar-refractivity contribution is 5.18. The van der Waals surface area contributed by atoms with Crippen LogP contribution < -0.4 is 0 Å². The van der Waals surface area contributed by atoms with Crippen molar-refractivity contribution in [3.63, 3.8) is 0 Å². The van der Waals surface area contributed by atoms with Crippen molar-refractivity contribution in [1.82, 2.24) is 0 Å². The summed E-state index contributed by atoms with van der Waals surface area (Å²) in [5.74, 6) is 1.77. The summed E-state index contributed by atoms with van der Waals surface area (Å²) >= 11 is 0. The predicted molar refractivity (Wildman–Crippen MR) is 71.3 cm³/mol. The third-order valence-electron chi connectivity index (χ3n) is 5.45. The maximum absolute atomic E-state index is 2.54. The Balaban J connectivity index is 2.48. The molecule has 0 aromatic heterocycles. The second kappa shape index (κ2) is 3.37. The Hall–Kier alpha value is -0.260. The Morgan fingerprint density at radius 3 is 2.06 bits per heavy atom. The maximum atomic E-state index is 2.54. The van der Waals surface area contributed by atoms with Crippen molar-refractivity contribution in [1.29, 1.82) is 0 Å². The molecule has 2 atom stereocenters. The highest BCUT2D eigenvalue weighted by Gasteiger charge is 2.59. The Labute approximate surface area is 102 Å². The average molecular weight is 220 g/mol. The fourth-order valence-electron chi connectivity index (χ4n) is 5.02. The van der Waals surface area contributed by atoms with Gasteiger partial charge in [-0.05, 0) is 47.3 Å². The van der Waals surface area contributed by atoms with Gasteiger partial charge in [-0.15, -0.1) is 0 Å². The lowest BCUT2D eigenvalue weighted by Crippen LogP contribution is -2.48. The van der Waals surface area contributed by atoms with E-state index in [-0.39, 0.29) is 0 Å². The first-order valence-electron chi connectivity index (χ1n) is 6.87. The summed E-state index contributed by atoms with van der Waals surface area (Å²) in [4.78, 5) is 0. The summed E-state index contributed by atoms with van der Waals surface area (Å²) in [6, 6.07) is 0. The molecule has 2 unspecified atom stereocenters. The molecule has 0 aromatic rings. The third-order valence-corrected chi connectivity index (χ3v) is 5.45. The van der Waals surface area contributed by atoms with Gasteiger partial charge in [-0.25, -0.2) is 0 Å². The van der Waals surface area contributed by atoms with Crippen LogP contribution in [-0.2, 0) is 0 Å². The van der Waals surface area contributed by atoms with Crippen molar-refractivity contribution in [3.05, 3.63) is 12.2 Å². The molecule has 0 N–H and O–H groups in total. The fourth-order valence-corrected chi connectivity index (χ4v) is 5.02. The lowest BCUT2D eigenvalue weighted by atomic mass is 9.49. The van der Waals surface area contributed by atoms with Crippen molar-refractivity contribution >= 4 is 0 Å². The van der Waals surface area contributed by atoms with Gasteiger partial charge in [0.15, 0.2) is 0 Å². The largest absolute Gasteiger partial charge is 0.0879 e. The second-order valence-corrected chi connectivity index (χ2v) is 7.96. The topological polar surface area (TPSA) is 0 Å². The monoisotopic (exact) mass is 220 g/mol. The van der Waals surface area contributed by atoms with E-state index in [1.807, 2.05) is 0 Å². The van der Waals surface area contributed by atoms with Crippen LogP contribution in [0, 0.1) is 28.1 Å². The molecule has 0 aromatic carbocycles. The molecule has 1 saturated carbocycles. The van der Waals surface area contributed by atoms with E-state index in [0.717, 1.165) is 11.8 Å². The number of allylic oxidation sites excluding steroid dienone is 2. The summed E-state index contributed by atoms with van der Waals surface area (Å²) in [5.41, 5.74) is 1.29. The Kier molecular flexibility index (Phi) is 2.57. The lowest BCUT2D eigenvalue weighted by molar-refractivity contribution is -0.0564. The number of hydrogen-bond donors (Lipinski definition) is 0. The lowest BCUT2D eigenvalue weighted by Gasteiger charge is -2.55. The molecular formula is C16H28. The molecule has 0 nitrogen and oxygen atoms in total. The van der Waals surface area contributed by atoms with Gasteiger partial charge in [0.1, 0.15) is 0 Å². The molecule has 0 amide bonds. The Morgan fingerprint density at radius 2 is 1.56 bits per heavy atom. The zero-order chi connectivity index (χ0) is 12.2. The van der Waals surface area contributed by atoms with E-state index in [1.165, 1.54) is 19.3 Å². The molecule has 92 valence electrons. The fraction of sp³-hybridized carbons (Fsp3) is 0.875. The summed E-state index contributed by atoms with van der Waals surface area (Å²) in [6.45, 7) is 14.7. The van der Waals surface area contributed by atoms with E-state index in [0.29, 0.717) is 16.2 Å². The molecule has 16 heavy (non-hydrogen) atoms. The minimum absolute atomic E-state index is 0.402. The zero-order valence-corrected chi connectivity index (χ0v) is 11.9. The van der Waals surface area contributed by atoms with Gasteiger partial charge in [0, 0.05) is 0 Å². The molecule has 0 heteroatoms. The quantitative estimate of drug-likeness (QED) is 0.501. The van der Waals surface area contributed by atoms with E-state index < -0.39 is 0 Å². The molecule has 0 saturated heterocycles. The van der Waals surface area contributed by atoms with Crippen LogP contribution in [0.15, 0.2) is 12.2 Å². The van der Waals surface area contributed by atoms with Crippen LogP contribution in [0.4, 0.5) is 0 Å². The van der Waals surface area contributed by atoms with Gasteiger partial charge in [-0.2, -0.15) is 0 Å². The predicted octanol–water partition coefficient (Wildman–Crippen LogP) is 5.05. The summed E-state index contributed by atoms with van der Waals surface area (Å²) in [6.07, 6.45) is 9.15. The first-order valence-corrected chi connectivity index (χ1v) is 6.87. The normalized spacial score (nSPS) is 33.1. The molecule has 2 rings (SSSR count). The highest BCUT2D eigenvalue weighted by Crippen LogP contribution is 2.67. The van der Waals surface area contributed by atoms with Crippen molar-refractivity contribution in [2.24, 2.45) is 28.1 Å². The Morgan fingerprint density at radius 1 is 1.00 bits per heavy atom. The first kappa shape index (κ1) is 12.2. The third kappa shape index (κ3) is 1.41. The standard InChI is InChI=1S/C16H28/c1-14(2,3)16(15(4,5)6)11-10-12-8-7-9-13(12)16/h7,9,12-13H,8,10-11H2,1-6H3. The number of fused-ring (bicyclic) bond motifs is 1. The molecule has 0 radical (unpaired) electrons. The molecule has 2 aliphatic carbocycles. The number of hydrogen-bond acceptors (Lipinski definition) is 0. The van der Waals surface area contributed by atoms with Gasteiger partial charge in [0.05, 0.1) is 0 Å². The molecule has 0 spiro atoms. The Bertz CT molecular complexity index is 281. The zero-order valence-electron chi connectivity index (χ0n) is 11.9. The van der Waals surface area contributed by atoms with Gasteiger partial charge in [-0.3, -0.25) is 0 Å². The number of rotatable bonds is 0. The summed E-state index contributed by atoms with van der Waals surface area (Å²) in [5, 5.41) is 0. The second-order valence-electron chi connectivity index (χ2n) is 7.96. The minimum atomic E-state index is 0.402. The van der Waals surface area contributed by atoms with Crippen molar-refractivity contribution < 1.29 is 0 Å². The molecule has 1 fully saturated rings. The average Bonchev–Trinajstić information content (AvgIpc) is 2.54. The molecule has 0 aliphatic heterocycles. The van der Waals surface area contributed by atoms with E-state index in [2.05, 4.69) is 53.7 Å². The molecule has 2 aliphatic rings. The van der Waals surface area contributed by atoms with E-state index in [9.17, 15) is 0 Å². The van der Waals surface area contributed by atoms with Gasteiger partial charge >= 0.3 is 0 Å². The maximum Gasteiger partial charge on any atom is -0.0135 e. The van der Waals surface area contributed by atoms with Crippen molar-refractivity contribution in [3.8, 4) is 0 Å². The van der Waals surface area contributed by atoms with E-state index in [1.54, 1.807) is 0 Å². The highest BCUT2D eigenvalue weighted by atomic mass is 14.6. The van der Waals surface area contributed by atoms with Crippen LogP contribution in [0.1, 0.15) is 60.8 Å². The summed E-state index contributed by atoms with van der Waals surface area (Å²) in [7, 11) is 0. The van der Waals surface area contributed by atoms with Gasteiger partial charge in [0.25, 0.3) is 0 Å². The molecule has 0 bridgehead atoms. The first-order chi connectivity index (χ1) is 7.20. The van der Waals surface area contributed by atoms with Gasteiger partial charge in [-0.1, -0.05) is 53.7 Å². The molecular weight excluding hydrogens is 192 g/mol. The van der Waals surface area contributed by atoms with E-state index >= 15 is 0 Å². The van der Waals surface area contributed by atoms with Crippen molar-refractivity contribution in [2.75, 3.05) is 0 Å². The smallest absolute Gasteiger partial charge is 0.0135 e. The minimum Gasteiger partial charge on any atom is -0.0879 e.